The highest BCUT2D eigenvalue weighted by atomic mass is 35.5. The second-order valence-corrected chi connectivity index (χ2v) is 8.31. The van der Waals surface area contributed by atoms with Crippen LogP contribution in [0.4, 0.5) is 0 Å². The van der Waals surface area contributed by atoms with Crippen LogP contribution in [0.2, 0.25) is 0 Å². The van der Waals surface area contributed by atoms with Crippen LogP contribution in [-0.2, 0) is 0 Å². The van der Waals surface area contributed by atoms with Crippen molar-refractivity contribution in [3.8, 4) is 0 Å². The molecule has 0 heterocycles. The highest BCUT2D eigenvalue weighted by Crippen LogP contribution is 2.73. The van der Waals surface area contributed by atoms with E-state index in [2.05, 4.69) is 0 Å². The van der Waals surface area contributed by atoms with Crippen LogP contribution in [-0.4, -0.2) is 32.2 Å². The van der Waals surface area contributed by atoms with Gasteiger partial charge in [-0.05, 0) is 5.41 Å². The lowest BCUT2D eigenvalue weighted by Crippen LogP contribution is -2.52. The second kappa shape index (κ2) is 4.79. The molecule has 7 heteroatoms. The summed E-state index contributed by atoms with van der Waals surface area (Å²) < 4.78 is 0. The number of halogens is 7. The van der Waals surface area contributed by atoms with Gasteiger partial charge in [0.1, 0.15) is 4.84 Å². The molecule has 0 spiro atoms. The minimum Gasteiger partial charge on any atom is -0.126 e. The molecular weight excluding hydrogens is 368 g/mol. The Morgan fingerprint density at radius 2 is 1.41 bits per heavy atom. The Kier molecular flexibility index (Phi) is 4.35. The summed E-state index contributed by atoms with van der Waals surface area (Å²) in [7, 11) is 0. The first-order valence-electron chi connectivity index (χ1n) is 5.17. The van der Waals surface area contributed by atoms with Crippen LogP contribution >= 0.6 is 81.2 Å². The van der Waals surface area contributed by atoms with Gasteiger partial charge in [0.25, 0.3) is 0 Å². The number of hydrogen-bond acceptors (Lipinski definition) is 0. The predicted octanol–water partition coefficient (Wildman–Crippen LogP) is 5.09. The summed E-state index contributed by atoms with van der Waals surface area (Å²) in [4.78, 5) is -0.758. The van der Waals surface area contributed by atoms with Gasteiger partial charge in [0.15, 0.2) is 0 Å². The fraction of sp³-hybridized carbons (Fsp3) is 1.00. The quantitative estimate of drug-likeness (QED) is 0.586. The van der Waals surface area contributed by atoms with Gasteiger partial charge in [-0.1, -0.05) is 6.92 Å². The molecule has 0 nitrogen and oxygen atoms in total. The fourth-order valence-corrected chi connectivity index (χ4v) is 8.00. The van der Waals surface area contributed by atoms with Gasteiger partial charge in [-0.25, -0.2) is 0 Å². The van der Waals surface area contributed by atoms with Crippen LogP contribution in [0.3, 0.4) is 0 Å². The molecule has 2 fully saturated rings. The third-order valence-electron chi connectivity index (χ3n) is 4.52. The third kappa shape index (κ3) is 1.59. The summed E-state index contributed by atoms with van der Waals surface area (Å²) in [5.41, 5.74) is -1.22. The lowest BCUT2D eigenvalue weighted by Gasteiger charge is -2.45. The van der Waals surface area contributed by atoms with Gasteiger partial charge >= 0.3 is 0 Å². The zero-order valence-electron chi connectivity index (χ0n) is 8.82. The lowest BCUT2D eigenvalue weighted by atomic mass is 9.70. The Hall–Kier alpha value is 2.03. The van der Waals surface area contributed by atoms with Crippen molar-refractivity contribution in [3.63, 3.8) is 0 Å². The molecule has 0 saturated heterocycles. The molecule has 0 N–H and O–H groups in total. The van der Waals surface area contributed by atoms with Gasteiger partial charge in [0.05, 0.1) is 21.5 Å². The maximum Gasteiger partial charge on any atom is 0.116 e. The summed E-state index contributed by atoms with van der Waals surface area (Å²) in [6.45, 7) is 1.97. The van der Waals surface area contributed by atoms with Gasteiger partial charge in [-0.15, -0.1) is 81.2 Å². The zero-order chi connectivity index (χ0) is 13.2. The van der Waals surface area contributed by atoms with E-state index in [0.717, 1.165) is 0 Å². The van der Waals surface area contributed by atoms with Crippen molar-refractivity contribution in [2.24, 2.45) is 16.7 Å². The Balaban J connectivity index is 2.63. The third-order valence-corrected chi connectivity index (χ3v) is 8.37. The highest BCUT2D eigenvalue weighted by Gasteiger charge is 2.78. The molecule has 0 radical (unpaired) electrons. The van der Waals surface area contributed by atoms with Crippen molar-refractivity contribution in [1.29, 1.82) is 0 Å². The fourth-order valence-electron chi connectivity index (χ4n) is 3.54. The van der Waals surface area contributed by atoms with Crippen molar-refractivity contribution in [2.75, 3.05) is 5.88 Å². The van der Waals surface area contributed by atoms with E-state index in [1.807, 2.05) is 6.92 Å². The number of alkyl halides is 7. The summed E-state index contributed by atoms with van der Waals surface area (Å²) in [6.07, 6.45) is 0. The Bertz CT molecular complexity index is 304. The van der Waals surface area contributed by atoms with Crippen molar-refractivity contribution in [2.45, 2.75) is 33.3 Å². The van der Waals surface area contributed by atoms with Gasteiger partial charge in [0, 0.05) is 17.2 Å². The molecule has 2 bridgehead atoms. The van der Waals surface area contributed by atoms with Crippen molar-refractivity contribution in [1.82, 2.24) is 0 Å². The van der Waals surface area contributed by atoms with Crippen LogP contribution in [0.15, 0.2) is 0 Å². The van der Waals surface area contributed by atoms with Crippen LogP contribution in [0.5, 0.6) is 0 Å². The van der Waals surface area contributed by atoms with Crippen LogP contribution in [0.1, 0.15) is 6.92 Å². The zero-order valence-corrected chi connectivity index (χ0v) is 14.1. The van der Waals surface area contributed by atoms with E-state index in [-0.39, 0.29) is 16.7 Å². The minimum atomic E-state index is -0.759. The Morgan fingerprint density at radius 1 is 1.00 bits per heavy atom. The van der Waals surface area contributed by atoms with Crippen molar-refractivity contribution in [3.05, 3.63) is 0 Å². The number of fused-ring (bicyclic) bond motifs is 2. The molecule has 0 aliphatic heterocycles. The first-order valence-corrected chi connectivity index (χ1v) is 8.32. The molecule has 5 atom stereocenters. The molecule has 0 amide bonds. The standard InChI is InChI=1S/C10H11Cl7/c1-9(2-11)3-4(12)6(14)10(9,8(16)17)7(15)5(3)13/h3-8H,2H2,1H3/t3?,4-,5-,6+,7+,9?,10?/m0/s1. The maximum absolute atomic E-state index is 6.43. The normalized spacial score (nSPS) is 58.1. The SMILES string of the molecule is CC1(CCl)C2[C@H](Cl)[C@@H](Cl)C1(C(Cl)Cl)[C@H](Cl)[C@H]2Cl. The van der Waals surface area contributed by atoms with E-state index in [1.165, 1.54) is 0 Å². The average Bonchev–Trinajstić information content (AvgIpc) is 2.54. The van der Waals surface area contributed by atoms with E-state index >= 15 is 0 Å². The van der Waals surface area contributed by atoms with E-state index in [0.29, 0.717) is 5.88 Å². The Morgan fingerprint density at radius 3 is 1.65 bits per heavy atom. The molecule has 2 aliphatic rings. The van der Waals surface area contributed by atoms with Gasteiger partial charge in [-0.3, -0.25) is 0 Å². The molecular formula is C10H11Cl7. The summed E-state index contributed by atoms with van der Waals surface area (Å²) in [5.74, 6) is 0.236. The monoisotopic (exact) mass is 376 g/mol. The van der Waals surface area contributed by atoms with Crippen molar-refractivity contribution < 1.29 is 0 Å². The molecule has 0 aromatic heterocycles. The molecule has 2 aliphatic carbocycles. The van der Waals surface area contributed by atoms with Crippen molar-refractivity contribution >= 4 is 81.2 Å². The smallest absolute Gasteiger partial charge is 0.116 e. The highest BCUT2D eigenvalue weighted by molar-refractivity contribution is 6.47. The molecule has 1 unspecified atom stereocenters. The van der Waals surface area contributed by atoms with E-state index in [9.17, 15) is 0 Å². The van der Waals surface area contributed by atoms with Gasteiger partial charge in [0.2, 0.25) is 0 Å². The van der Waals surface area contributed by atoms with Crippen LogP contribution in [0.25, 0.3) is 0 Å². The topological polar surface area (TPSA) is 0 Å². The van der Waals surface area contributed by atoms with Crippen LogP contribution < -0.4 is 0 Å². The molecule has 2 saturated carbocycles. The summed E-state index contributed by atoms with van der Waals surface area (Å²) >= 11 is 44.1. The van der Waals surface area contributed by atoms with Crippen LogP contribution in [0, 0.1) is 16.7 Å². The molecule has 0 aromatic rings. The summed E-state index contributed by atoms with van der Waals surface area (Å²) in [6, 6.07) is 0. The van der Waals surface area contributed by atoms with Gasteiger partial charge in [-0.2, -0.15) is 0 Å². The number of hydrogen-bond donors (Lipinski definition) is 0. The average molecular weight is 379 g/mol. The maximum atomic E-state index is 6.43. The van der Waals surface area contributed by atoms with E-state index in [1.54, 1.807) is 0 Å². The largest absolute Gasteiger partial charge is 0.126 e. The minimum absolute atomic E-state index is 0.0895. The molecule has 2 rings (SSSR count). The van der Waals surface area contributed by atoms with E-state index in [4.69, 9.17) is 81.2 Å². The molecule has 0 aromatic carbocycles. The molecule has 100 valence electrons. The predicted molar refractivity (Wildman–Crippen MR) is 78.8 cm³/mol. The Labute approximate surface area is 136 Å². The first kappa shape index (κ1) is 15.4. The second-order valence-electron chi connectivity index (χ2n) is 5.00. The summed E-state index contributed by atoms with van der Waals surface area (Å²) in [5, 5.41) is -1.51. The number of rotatable bonds is 2. The van der Waals surface area contributed by atoms with E-state index < -0.39 is 26.4 Å². The van der Waals surface area contributed by atoms with Gasteiger partial charge < -0.3 is 0 Å². The lowest BCUT2D eigenvalue weighted by molar-refractivity contribution is 0.155. The first-order chi connectivity index (χ1) is 7.76. The molecule has 17 heavy (non-hydrogen) atoms.